The number of nitrogens with one attached hydrogen (secondary N) is 1. The van der Waals surface area contributed by atoms with Crippen LogP contribution in [0.15, 0.2) is 71.4 Å². The molecule has 2 N–H and O–H groups in total. The maximum Gasteiger partial charge on any atom is 0.412 e. The van der Waals surface area contributed by atoms with Crippen molar-refractivity contribution in [3.05, 3.63) is 89.5 Å². The summed E-state index contributed by atoms with van der Waals surface area (Å²) in [6.07, 6.45) is 4.99. The van der Waals surface area contributed by atoms with Crippen LogP contribution in [0.25, 0.3) is 22.6 Å². The van der Waals surface area contributed by atoms with Gasteiger partial charge in [-0.15, -0.1) is 0 Å². The Hall–Kier alpha value is -4.53. The zero-order valence-corrected chi connectivity index (χ0v) is 22.8. The van der Waals surface area contributed by atoms with Crippen LogP contribution in [0.3, 0.4) is 0 Å². The van der Waals surface area contributed by atoms with E-state index in [-0.39, 0.29) is 16.7 Å². The molecule has 2 heterocycles. The Morgan fingerprint density at radius 1 is 1.05 bits per heavy atom. The third-order valence-corrected chi connectivity index (χ3v) is 8.66. The van der Waals surface area contributed by atoms with Crippen molar-refractivity contribution in [3.63, 3.8) is 0 Å². The van der Waals surface area contributed by atoms with Gasteiger partial charge in [-0.1, -0.05) is 60.1 Å². The number of carbonyl (C=O) groups excluding carboxylic acids is 1. The van der Waals surface area contributed by atoms with Crippen molar-refractivity contribution in [1.82, 2.24) is 10.1 Å². The Morgan fingerprint density at radius 2 is 1.76 bits per heavy atom. The molecule has 41 heavy (non-hydrogen) atoms. The number of hydrogen-bond acceptors (Lipinski definition) is 6. The zero-order valence-electron chi connectivity index (χ0n) is 22.8. The van der Waals surface area contributed by atoms with E-state index < -0.39 is 29.4 Å². The molecule has 2 aromatic heterocycles. The van der Waals surface area contributed by atoms with E-state index >= 15 is 0 Å². The van der Waals surface area contributed by atoms with Gasteiger partial charge in [-0.25, -0.2) is 9.18 Å². The van der Waals surface area contributed by atoms with Crippen molar-refractivity contribution in [2.45, 2.75) is 57.5 Å². The van der Waals surface area contributed by atoms with E-state index in [1.165, 1.54) is 12.5 Å². The van der Waals surface area contributed by atoms with Gasteiger partial charge in [0.15, 0.2) is 0 Å². The molecule has 0 bridgehead atoms. The second kappa shape index (κ2) is 10.1. The highest BCUT2D eigenvalue weighted by Gasteiger charge is 2.61. The molecular weight excluding hydrogens is 525 g/mol. The Balaban J connectivity index is 1.16. The predicted molar refractivity (Wildman–Crippen MR) is 150 cm³/mol. The molecule has 2 fully saturated rings. The number of anilines is 1. The van der Waals surface area contributed by atoms with E-state index in [1.54, 1.807) is 44.3 Å². The first kappa shape index (κ1) is 26.7. The second-order valence-electron chi connectivity index (χ2n) is 11.3. The van der Waals surface area contributed by atoms with Crippen LogP contribution in [0.5, 0.6) is 0 Å². The smallest absolute Gasteiger partial charge is 0.412 e. The highest BCUT2D eigenvalue weighted by atomic mass is 19.1. The number of aromatic nitrogens is 2. The van der Waals surface area contributed by atoms with Crippen molar-refractivity contribution >= 4 is 17.7 Å². The highest BCUT2D eigenvalue weighted by molar-refractivity contribution is 5.90. The fourth-order valence-corrected chi connectivity index (χ4v) is 6.27. The van der Waals surface area contributed by atoms with Crippen molar-refractivity contribution < 1.29 is 28.3 Å². The summed E-state index contributed by atoms with van der Waals surface area (Å²) in [5.41, 5.74) is 3.51. The number of carboxylic acid groups (broad SMARTS) is 1. The lowest BCUT2D eigenvalue weighted by atomic mass is 9.44. The summed E-state index contributed by atoms with van der Waals surface area (Å²) in [4.78, 5) is 29.4. The third-order valence-electron chi connectivity index (χ3n) is 8.66. The Bertz CT molecular complexity index is 1600. The number of aliphatic carboxylic acids is 1. The summed E-state index contributed by atoms with van der Waals surface area (Å²) in [6.45, 7) is 3.27. The maximum atomic E-state index is 14.1. The third kappa shape index (κ3) is 4.75. The lowest BCUT2D eigenvalue weighted by Gasteiger charge is -2.59. The summed E-state index contributed by atoms with van der Waals surface area (Å²) in [6, 6.07) is 17.4. The van der Waals surface area contributed by atoms with Gasteiger partial charge in [-0.05, 0) is 68.2 Å². The number of ether oxygens (including phenoxy) is 1. The summed E-state index contributed by atoms with van der Waals surface area (Å²) in [5, 5.41) is 16.6. The molecule has 1 atom stereocenters. The first-order chi connectivity index (χ1) is 19.7. The van der Waals surface area contributed by atoms with Gasteiger partial charge in [-0.3, -0.25) is 15.1 Å². The molecule has 0 aliphatic heterocycles. The van der Waals surface area contributed by atoms with Gasteiger partial charge >= 0.3 is 12.1 Å². The van der Waals surface area contributed by atoms with Crippen molar-refractivity contribution in [1.29, 1.82) is 0 Å². The van der Waals surface area contributed by atoms with E-state index in [0.717, 1.165) is 29.5 Å². The summed E-state index contributed by atoms with van der Waals surface area (Å²) >= 11 is 0. The number of halogens is 1. The molecule has 2 aliphatic rings. The molecule has 210 valence electrons. The van der Waals surface area contributed by atoms with Gasteiger partial charge < -0.3 is 14.4 Å². The van der Waals surface area contributed by atoms with Crippen LogP contribution in [0.4, 0.5) is 14.9 Å². The van der Waals surface area contributed by atoms with Gasteiger partial charge in [-0.2, -0.15) is 0 Å². The lowest BCUT2D eigenvalue weighted by Crippen LogP contribution is -2.57. The number of pyridine rings is 1. The average Bonchev–Trinajstić information content (AvgIpc) is 3.27. The largest absolute Gasteiger partial charge is 0.481 e. The van der Waals surface area contributed by atoms with Crippen molar-refractivity contribution in [2.75, 3.05) is 5.32 Å². The fourth-order valence-electron chi connectivity index (χ4n) is 6.27. The number of carboxylic acids is 1. The number of amides is 1. The van der Waals surface area contributed by atoms with E-state index in [4.69, 9.17) is 9.26 Å². The van der Waals surface area contributed by atoms with Crippen LogP contribution in [-0.2, 0) is 14.9 Å². The molecule has 1 spiro atoms. The van der Waals surface area contributed by atoms with Crippen molar-refractivity contribution in [3.8, 4) is 22.6 Å². The molecule has 2 saturated carbocycles. The quantitative estimate of drug-likeness (QED) is 0.243. The molecule has 9 heteroatoms. The van der Waals surface area contributed by atoms with Crippen LogP contribution < -0.4 is 5.32 Å². The molecular formula is C32H30FN3O5. The standard InChI is InChI=1S/C32H30FN3O5/c1-19-27(35-30(39)40-20(2)24-6-3-4-7-25(24)33)28(41-36-19)26-13-10-22(16-34-26)21-8-11-23(12-9-21)32(29(37)38)17-31(18-32)14-5-15-31/h3-4,6-13,16,20H,5,14-15,17-18H2,1-2H3,(H,35,39)(H,37,38). The van der Waals surface area contributed by atoms with Gasteiger partial charge in [0.25, 0.3) is 0 Å². The number of hydrogen-bond donors (Lipinski definition) is 2. The topological polar surface area (TPSA) is 115 Å². The van der Waals surface area contributed by atoms with Gasteiger partial charge in [0, 0.05) is 17.3 Å². The SMILES string of the molecule is Cc1noc(-c2ccc(-c3ccc(C4(C(=O)O)CC5(CCC5)C4)cc3)cn2)c1NC(=O)OC(C)c1ccccc1F. The Morgan fingerprint density at radius 3 is 2.37 bits per heavy atom. The molecule has 1 unspecified atom stereocenters. The van der Waals surface area contributed by atoms with Crippen LogP contribution in [0, 0.1) is 18.2 Å². The number of benzene rings is 2. The first-order valence-electron chi connectivity index (χ1n) is 13.7. The summed E-state index contributed by atoms with van der Waals surface area (Å²) in [7, 11) is 0. The minimum Gasteiger partial charge on any atom is -0.481 e. The first-order valence-corrected chi connectivity index (χ1v) is 13.7. The number of aryl methyl sites for hydroxylation is 1. The fraction of sp³-hybridized carbons (Fsp3) is 0.312. The molecule has 1 amide bonds. The molecule has 2 aromatic carbocycles. The normalized spacial score (nSPS) is 17.2. The molecule has 4 aromatic rings. The van der Waals surface area contributed by atoms with E-state index in [1.807, 2.05) is 30.3 Å². The Labute approximate surface area is 236 Å². The monoisotopic (exact) mass is 555 g/mol. The van der Waals surface area contributed by atoms with Crippen LogP contribution in [0.1, 0.15) is 62.0 Å². The molecule has 8 nitrogen and oxygen atoms in total. The van der Waals surface area contributed by atoms with Gasteiger partial charge in [0.1, 0.15) is 29.0 Å². The predicted octanol–water partition coefficient (Wildman–Crippen LogP) is 7.45. The zero-order chi connectivity index (χ0) is 28.8. The molecule has 2 aliphatic carbocycles. The Kier molecular flexibility index (Phi) is 6.60. The van der Waals surface area contributed by atoms with Crippen LogP contribution in [0.2, 0.25) is 0 Å². The maximum absolute atomic E-state index is 14.1. The summed E-state index contributed by atoms with van der Waals surface area (Å²) in [5.74, 6) is -0.940. The van der Waals surface area contributed by atoms with E-state index in [9.17, 15) is 19.1 Å². The van der Waals surface area contributed by atoms with E-state index in [0.29, 0.717) is 29.9 Å². The van der Waals surface area contributed by atoms with E-state index in [2.05, 4.69) is 15.5 Å². The molecule has 0 radical (unpaired) electrons. The average molecular weight is 556 g/mol. The van der Waals surface area contributed by atoms with Gasteiger partial charge in [0.2, 0.25) is 5.76 Å². The van der Waals surface area contributed by atoms with Crippen molar-refractivity contribution in [2.24, 2.45) is 5.41 Å². The van der Waals surface area contributed by atoms with Crippen LogP contribution in [-0.4, -0.2) is 27.3 Å². The molecule has 6 rings (SSSR count). The highest BCUT2D eigenvalue weighted by Crippen LogP contribution is 2.65. The summed E-state index contributed by atoms with van der Waals surface area (Å²) < 4.78 is 24.9. The number of nitrogens with zero attached hydrogens (tertiary/aromatic N) is 2. The van der Waals surface area contributed by atoms with Gasteiger partial charge in [0.05, 0.1) is 5.41 Å². The number of carbonyl (C=O) groups is 2. The minimum absolute atomic E-state index is 0.235. The second-order valence-corrected chi connectivity index (χ2v) is 11.3. The lowest BCUT2D eigenvalue weighted by molar-refractivity contribution is -0.160. The minimum atomic E-state index is -0.808. The molecule has 0 saturated heterocycles. The number of rotatable bonds is 7. The van der Waals surface area contributed by atoms with Crippen LogP contribution >= 0.6 is 0 Å².